The molecular formula is C13H13Cl2N3S. The third-order valence-electron chi connectivity index (χ3n) is 3.01. The standard InChI is InChI=1S/C13H12ClN3S.ClH/c1-18-13-16-11(14)7-12-15-8-10(17(12)13)9-5-3-2-4-6-9;/h2-7,10H,8H2,1H3;1H. The lowest BCUT2D eigenvalue weighted by Gasteiger charge is -2.29. The molecule has 0 spiro atoms. The van der Waals surface area contributed by atoms with Crippen LogP contribution >= 0.6 is 35.8 Å². The SMILES string of the molecule is CSC1=NC(Cl)=CC2=NCC(c3ccccc3)N21.Cl. The fourth-order valence-electron chi connectivity index (χ4n) is 2.20. The first-order valence-electron chi connectivity index (χ1n) is 5.68. The van der Waals surface area contributed by atoms with Crippen LogP contribution in [0.15, 0.2) is 51.5 Å². The van der Waals surface area contributed by atoms with Gasteiger partial charge in [-0.3, -0.25) is 9.89 Å². The smallest absolute Gasteiger partial charge is 0.171 e. The third kappa shape index (κ3) is 2.66. The molecule has 1 atom stereocenters. The van der Waals surface area contributed by atoms with Crippen LogP contribution in [0.5, 0.6) is 0 Å². The fourth-order valence-corrected chi connectivity index (χ4v) is 3.04. The molecule has 1 aromatic rings. The van der Waals surface area contributed by atoms with E-state index in [2.05, 4.69) is 39.2 Å². The Morgan fingerprint density at radius 3 is 2.74 bits per heavy atom. The number of nitrogens with zero attached hydrogens (tertiary/aromatic N) is 3. The predicted molar refractivity (Wildman–Crippen MR) is 85.5 cm³/mol. The molecule has 3 nitrogen and oxygen atoms in total. The van der Waals surface area contributed by atoms with E-state index in [1.165, 1.54) is 5.56 Å². The lowest BCUT2D eigenvalue weighted by molar-refractivity contribution is 0.504. The Kier molecular flexibility index (Phi) is 4.55. The van der Waals surface area contributed by atoms with Crippen molar-refractivity contribution in [2.24, 2.45) is 9.98 Å². The second-order valence-electron chi connectivity index (χ2n) is 4.06. The zero-order valence-corrected chi connectivity index (χ0v) is 12.7. The molecule has 0 aliphatic carbocycles. The predicted octanol–water partition coefficient (Wildman–Crippen LogP) is 3.68. The van der Waals surface area contributed by atoms with Crippen molar-refractivity contribution >= 4 is 46.8 Å². The van der Waals surface area contributed by atoms with Gasteiger partial charge in [0.05, 0.1) is 12.6 Å². The van der Waals surface area contributed by atoms with E-state index < -0.39 is 0 Å². The maximum Gasteiger partial charge on any atom is 0.171 e. The molecule has 0 N–H and O–H groups in total. The van der Waals surface area contributed by atoms with Crippen LogP contribution in [0, 0.1) is 0 Å². The number of thioether (sulfide) groups is 1. The highest BCUT2D eigenvalue weighted by Crippen LogP contribution is 2.33. The van der Waals surface area contributed by atoms with Crippen molar-refractivity contribution in [2.75, 3.05) is 12.8 Å². The number of hydrogen-bond donors (Lipinski definition) is 0. The highest BCUT2D eigenvalue weighted by Gasteiger charge is 2.33. The van der Waals surface area contributed by atoms with E-state index in [4.69, 9.17) is 11.6 Å². The van der Waals surface area contributed by atoms with Crippen LogP contribution in [-0.2, 0) is 0 Å². The summed E-state index contributed by atoms with van der Waals surface area (Å²) < 4.78 is 0. The van der Waals surface area contributed by atoms with Crippen LogP contribution in [0.25, 0.3) is 0 Å². The third-order valence-corrected chi connectivity index (χ3v) is 3.86. The summed E-state index contributed by atoms with van der Waals surface area (Å²) in [7, 11) is 0. The molecule has 0 bridgehead atoms. The van der Waals surface area contributed by atoms with Gasteiger partial charge >= 0.3 is 0 Å². The van der Waals surface area contributed by atoms with E-state index in [-0.39, 0.29) is 18.4 Å². The molecule has 2 heterocycles. The lowest BCUT2D eigenvalue weighted by atomic mass is 10.1. The van der Waals surface area contributed by atoms with E-state index in [0.29, 0.717) is 5.16 Å². The number of benzene rings is 1. The normalized spacial score (nSPS) is 21.1. The molecule has 0 fully saturated rings. The topological polar surface area (TPSA) is 28.0 Å². The Morgan fingerprint density at radius 2 is 2.05 bits per heavy atom. The van der Waals surface area contributed by atoms with Crippen LogP contribution in [0.4, 0.5) is 0 Å². The van der Waals surface area contributed by atoms with Gasteiger partial charge in [0, 0.05) is 6.08 Å². The van der Waals surface area contributed by atoms with Crippen LogP contribution in [0.3, 0.4) is 0 Å². The summed E-state index contributed by atoms with van der Waals surface area (Å²) in [5.74, 6) is 0.910. The Hall–Kier alpha value is -0.970. The first kappa shape index (κ1) is 14.4. The van der Waals surface area contributed by atoms with Gasteiger partial charge in [0.1, 0.15) is 11.0 Å². The molecule has 0 saturated carbocycles. The molecule has 1 unspecified atom stereocenters. The van der Waals surface area contributed by atoms with Crippen molar-refractivity contribution < 1.29 is 0 Å². The molecule has 100 valence electrons. The van der Waals surface area contributed by atoms with Crippen molar-refractivity contribution in [3.8, 4) is 0 Å². The zero-order valence-electron chi connectivity index (χ0n) is 10.3. The summed E-state index contributed by atoms with van der Waals surface area (Å²) in [5.41, 5.74) is 1.25. The van der Waals surface area contributed by atoms with Gasteiger partial charge in [-0.1, -0.05) is 53.7 Å². The summed E-state index contributed by atoms with van der Waals surface area (Å²) >= 11 is 7.60. The summed E-state index contributed by atoms with van der Waals surface area (Å²) in [5, 5.41) is 1.41. The maximum atomic E-state index is 6.00. The molecule has 19 heavy (non-hydrogen) atoms. The molecule has 0 aromatic heterocycles. The van der Waals surface area contributed by atoms with Crippen molar-refractivity contribution in [1.29, 1.82) is 0 Å². The molecule has 3 rings (SSSR count). The maximum absolute atomic E-state index is 6.00. The molecule has 2 aliphatic rings. The van der Waals surface area contributed by atoms with E-state index in [1.54, 1.807) is 11.8 Å². The number of aliphatic imine (C=N–C) groups is 2. The minimum Gasteiger partial charge on any atom is -0.296 e. The van der Waals surface area contributed by atoms with Gasteiger partial charge in [-0.25, -0.2) is 4.99 Å². The average Bonchev–Trinajstić information content (AvgIpc) is 2.82. The van der Waals surface area contributed by atoms with Crippen LogP contribution in [0.1, 0.15) is 11.6 Å². The fraction of sp³-hybridized carbons (Fsp3) is 0.231. The summed E-state index contributed by atoms with van der Waals surface area (Å²) in [4.78, 5) is 11.1. The van der Waals surface area contributed by atoms with Gasteiger partial charge in [-0.2, -0.15) is 0 Å². The average molecular weight is 314 g/mol. The second kappa shape index (κ2) is 5.99. The lowest BCUT2D eigenvalue weighted by Crippen LogP contribution is -2.36. The number of fused-ring (bicyclic) bond motifs is 1. The van der Waals surface area contributed by atoms with Crippen molar-refractivity contribution in [3.63, 3.8) is 0 Å². The van der Waals surface area contributed by atoms with E-state index in [1.807, 2.05) is 18.4 Å². The summed E-state index contributed by atoms with van der Waals surface area (Å²) in [6, 6.07) is 10.6. The minimum absolute atomic E-state index is 0. The van der Waals surface area contributed by atoms with Crippen LogP contribution < -0.4 is 0 Å². The Balaban J connectivity index is 0.00000133. The van der Waals surface area contributed by atoms with Gasteiger partial charge in [-0.15, -0.1) is 12.4 Å². The van der Waals surface area contributed by atoms with Gasteiger partial charge < -0.3 is 0 Å². The van der Waals surface area contributed by atoms with Crippen molar-refractivity contribution in [1.82, 2.24) is 4.90 Å². The van der Waals surface area contributed by atoms with Crippen LogP contribution in [-0.4, -0.2) is 28.7 Å². The molecule has 0 saturated heterocycles. The van der Waals surface area contributed by atoms with Gasteiger partial charge in [0.2, 0.25) is 0 Å². The molecule has 0 amide bonds. The van der Waals surface area contributed by atoms with Crippen LogP contribution in [0.2, 0.25) is 0 Å². The summed E-state index contributed by atoms with van der Waals surface area (Å²) in [6.45, 7) is 0.750. The first-order valence-corrected chi connectivity index (χ1v) is 7.28. The molecule has 1 aromatic carbocycles. The molecule has 6 heteroatoms. The number of rotatable bonds is 1. The number of hydrogen-bond acceptors (Lipinski definition) is 4. The minimum atomic E-state index is 0. The summed E-state index contributed by atoms with van der Waals surface area (Å²) in [6.07, 6.45) is 3.83. The number of halogens is 2. The van der Waals surface area contributed by atoms with E-state index in [0.717, 1.165) is 17.5 Å². The molecule has 2 aliphatic heterocycles. The largest absolute Gasteiger partial charge is 0.296 e. The molecular weight excluding hydrogens is 301 g/mol. The van der Waals surface area contributed by atoms with E-state index in [9.17, 15) is 0 Å². The molecule has 0 radical (unpaired) electrons. The monoisotopic (exact) mass is 313 g/mol. The Bertz CT molecular complexity index is 554. The van der Waals surface area contributed by atoms with Gasteiger partial charge in [-0.05, 0) is 11.8 Å². The second-order valence-corrected chi connectivity index (χ2v) is 5.22. The highest BCUT2D eigenvalue weighted by atomic mass is 35.5. The zero-order chi connectivity index (χ0) is 12.5. The first-order chi connectivity index (χ1) is 8.79. The Labute approximate surface area is 127 Å². The van der Waals surface area contributed by atoms with Crippen molar-refractivity contribution in [3.05, 3.63) is 47.1 Å². The quantitative estimate of drug-likeness (QED) is 0.740. The van der Waals surface area contributed by atoms with Gasteiger partial charge in [0.25, 0.3) is 0 Å². The van der Waals surface area contributed by atoms with Crippen molar-refractivity contribution in [2.45, 2.75) is 6.04 Å². The highest BCUT2D eigenvalue weighted by molar-refractivity contribution is 8.13. The number of amidine groups is 2. The van der Waals surface area contributed by atoms with Gasteiger partial charge in [0.15, 0.2) is 5.17 Å². The van der Waals surface area contributed by atoms with E-state index >= 15 is 0 Å². The Morgan fingerprint density at radius 1 is 1.32 bits per heavy atom.